The molecule has 0 aliphatic rings. The van der Waals surface area contributed by atoms with Crippen LogP contribution in [0.15, 0.2) is 42.7 Å². The Labute approximate surface area is 136 Å². The van der Waals surface area contributed by atoms with Crippen LogP contribution in [0.4, 0.5) is 0 Å². The molecule has 2 heterocycles. The zero-order valence-electron chi connectivity index (χ0n) is 13.7. The number of benzene rings is 1. The minimum absolute atomic E-state index is 0.563. The highest BCUT2D eigenvalue weighted by molar-refractivity contribution is 5.38. The molecule has 3 rings (SSSR count). The lowest BCUT2D eigenvalue weighted by Crippen LogP contribution is -2.05. The summed E-state index contributed by atoms with van der Waals surface area (Å²) >= 11 is 0. The van der Waals surface area contributed by atoms with Crippen LogP contribution in [-0.2, 0) is 6.42 Å². The predicted molar refractivity (Wildman–Crippen MR) is 89.0 cm³/mol. The van der Waals surface area contributed by atoms with Crippen LogP contribution in [0.3, 0.4) is 0 Å². The first-order valence-electron chi connectivity index (χ1n) is 7.73. The summed E-state index contributed by atoms with van der Waals surface area (Å²) in [6.45, 7) is 6.53. The second-order valence-corrected chi connectivity index (χ2v) is 5.44. The second-order valence-electron chi connectivity index (χ2n) is 5.44. The second kappa shape index (κ2) is 6.60. The maximum Gasteiger partial charge on any atom is 0.250 e. The lowest BCUT2D eigenvalue weighted by molar-refractivity contribution is 0.321. The molecular formula is C18H20N4O. The van der Waals surface area contributed by atoms with Gasteiger partial charge in [-0.3, -0.25) is 0 Å². The van der Waals surface area contributed by atoms with Gasteiger partial charge in [0.15, 0.2) is 0 Å². The number of aromatic nitrogens is 4. The number of nitrogens with zero attached hydrogens (tertiary/aromatic N) is 4. The Morgan fingerprint density at radius 2 is 1.74 bits per heavy atom. The summed E-state index contributed by atoms with van der Waals surface area (Å²) in [6.07, 6.45) is 4.36. The zero-order chi connectivity index (χ0) is 16.2. The number of ether oxygens (including phenoxy) is 1. The van der Waals surface area contributed by atoms with Crippen molar-refractivity contribution in [3.63, 3.8) is 0 Å². The van der Waals surface area contributed by atoms with Gasteiger partial charge < -0.3 is 4.74 Å². The van der Waals surface area contributed by atoms with Gasteiger partial charge in [0.05, 0.1) is 12.3 Å². The Morgan fingerprint density at radius 1 is 1.04 bits per heavy atom. The number of hydrogen-bond acceptors (Lipinski definition) is 4. The van der Waals surface area contributed by atoms with Crippen molar-refractivity contribution in [2.24, 2.45) is 0 Å². The fourth-order valence-electron chi connectivity index (χ4n) is 2.45. The van der Waals surface area contributed by atoms with E-state index in [9.17, 15) is 0 Å². The predicted octanol–water partition coefficient (Wildman–Crippen LogP) is 3.27. The minimum Gasteiger partial charge on any atom is -0.477 e. The molecule has 0 unspecified atom stereocenters. The molecular weight excluding hydrogens is 288 g/mol. The van der Waals surface area contributed by atoms with Crippen molar-refractivity contribution in [2.45, 2.75) is 27.2 Å². The van der Waals surface area contributed by atoms with Gasteiger partial charge in [0.1, 0.15) is 0 Å². The minimum atomic E-state index is 0.563. The van der Waals surface area contributed by atoms with Gasteiger partial charge in [0, 0.05) is 24.4 Å². The maximum absolute atomic E-state index is 5.73. The zero-order valence-corrected chi connectivity index (χ0v) is 13.7. The molecule has 3 aromatic rings. The summed E-state index contributed by atoms with van der Waals surface area (Å²) in [5.41, 5.74) is 4.32. The van der Waals surface area contributed by atoms with Crippen LogP contribution in [0.2, 0.25) is 0 Å². The van der Waals surface area contributed by atoms with E-state index in [2.05, 4.69) is 27.2 Å². The average molecular weight is 308 g/mol. The molecule has 2 aromatic heterocycles. The third-order valence-electron chi connectivity index (χ3n) is 3.66. The molecule has 0 amide bonds. The molecule has 5 heteroatoms. The molecule has 5 nitrogen and oxygen atoms in total. The molecule has 118 valence electrons. The largest absolute Gasteiger partial charge is 0.477 e. The normalized spacial score (nSPS) is 10.7. The standard InChI is InChI=1S/C18H20N4O/c1-4-23-17-16(10-15-8-6-5-7-9-15)14(3)22(21-17)18-19-11-13(2)12-20-18/h5-9,11-12H,4,10H2,1-3H3. The summed E-state index contributed by atoms with van der Waals surface area (Å²) in [5.74, 6) is 1.21. The van der Waals surface area contributed by atoms with Crippen LogP contribution in [-0.4, -0.2) is 26.4 Å². The van der Waals surface area contributed by atoms with Crippen LogP contribution >= 0.6 is 0 Å². The molecule has 0 radical (unpaired) electrons. The Balaban J connectivity index is 2.02. The number of aryl methyl sites for hydroxylation is 1. The third kappa shape index (κ3) is 3.23. The maximum atomic E-state index is 5.73. The van der Waals surface area contributed by atoms with E-state index in [1.165, 1.54) is 5.56 Å². The first-order valence-corrected chi connectivity index (χ1v) is 7.73. The molecule has 0 aliphatic heterocycles. The van der Waals surface area contributed by atoms with E-state index >= 15 is 0 Å². The molecule has 1 aromatic carbocycles. The van der Waals surface area contributed by atoms with Gasteiger partial charge in [-0.15, -0.1) is 5.10 Å². The first-order chi connectivity index (χ1) is 11.2. The summed E-state index contributed by atoms with van der Waals surface area (Å²) in [4.78, 5) is 8.73. The fraction of sp³-hybridized carbons (Fsp3) is 0.278. The van der Waals surface area contributed by atoms with Gasteiger partial charge in [-0.2, -0.15) is 4.68 Å². The molecule has 0 fully saturated rings. The van der Waals surface area contributed by atoms with Gasteiger partial charge in [0.2, 0.25) is 5.88 Å². The van der Waals surface area contributed by atoms with Crippen molar-refractivity contribution in [2.75, 3.05) is 6.61 Å². The van der Waals surface area contributed by atoms with E-state index in [0.717, 1.165) is 23.2 Å². The Bertz CT molecular complexity index is 779. The highest BCUT2D eigenvalue weighted by Gasteiger charge is 2.18. The Kier molecular flexibility index (Phi) is 4.37. The van der Waals surface area contributed by atoms with E-state index in [1.807, 2.05) is 39.0 Å². The Morgan fingerprint density at radius 3 is 2.39 bits per heavy atom. The van der Waals surface area contributed by atoms with Crippen LogP contribution in [0.1, 0.15) is 29.3 Å². The van der Waals surface area contributed by atoms with Crippen molar-refractivity contribution < 1.29 is 4.74 Å². The van der Waals surface area contributed by atoms with Gasteiger partial charge in [-0.05, 0) is 31.9 Å². The lowest BCUT2D eigenvalue weighted by Gasteiger charge is -2.05. The van der Waals surface area contributed by atoms with Crippen molar-refractivity contribution in [3.05, 3.63) is 65.1 Å². The average Bonchev–Trinajstić information content (AvgIpc) is 2.86. The van der Waals surface area contributed by atoms with Crippen molar-refractivity contribution in [1.29, 1.82) is 0 Å². The summed E-state index contributed by atoms with van der Waals surface area (Å²) in [5, 5.41) is 4.56. The van der Waals surface area contributed by atoms with Crippen LogP contribution < -0.4 is 4.74 Å². The Hall–Kier alpha value is -2.69. The summed E-state index contributed by atoms with van der Waals surface area (Å²) < 4.78 is 7.48. The smallest absolute Gasteiger partial charge is 0.250 e. The fourth-order valence-corrected chi connectivity index (χ4v) is 2.45. The molecule has 0 N–H and O–H groups in total. The van der Waals surface area contributed by atoms with E-state index in [4.69, 9.17) is 4.74 Å². The molecule has 0 bridgehead atoms. The topological polar surface area (TPSA) is 52.8 Å². The molecule has 0 aliphatic carbocycles. The molecule has 0 saturated heterocycles. The lowest BCUT2D eigenvalue weighted by atomic mass is 10.1. The molecule has 23 heavy (non-hydrogen) atoms. The van der Waals surface area contributed by atoms with Crippen LogP contribution in [0.25, 0.3) is 5.95 Å². The highest BCUT2D eigenvalue weighted by atomic mass is 16.5. The molecule has 0 atom stereocenters. The first kappa shape index (κ1) is 15.2. The van der Waals surface area contributed by atoms with Gasteiger partial charge >= 0.3 is 0 Å². The SMILES string of the molecule is CCOc1nn(-c2ncc(C)cn2)c(C)c1Cc1ccccc1. The monoisotopic (exact) mass is 308 g/mol. The quantitative estimate of drug-likeness (QED) is 0.726. The van der Waals surface area contributed by atoms with E-state index in [1.54, 1.807) is 17.1 Å². The third-order valence-corrected chi connectivity index (χ3v) is 3.66. The van der Waals surface area contributed by atoms with Crippen molar-refractivity contribution >= 4 is 0 Å². The van der Waals surface area contributed by atoms with Crippen LogP contribution in [0, 0.1) is 13.8 Å². The highest BCUT2D eigenvalue weighted by Crippen LogP contribution is 2.25. The number of rotatable bonds is 5. The van der Waals surface area contributed by atoms with Gasteiger partial charge in [-0.25, -0.2) is 9.97 Å². The molecule has 0 spiro atoms. The van der Waals surface area contributed by atoms with Crippen molar-refractivity contribution in [1.82, 2.24) is 19.7 Å². The van der Waals surface area contributed by atoms with Crippen molar-refractivity contribution in [3.8, 4) is 11.8 Å². The van der Waals surface area contributed by atoms with E-state index in [0.29, 0.717) is 18.4 Å². The van der Waals surface area contributed by atoms with Gasteiger partial charge in [-0.1, -0.05) is 30.3 Å². The van der Waals surface area contributed by atoms with Gasteiger partial charge in [0.25, 0.3) is 5.95 Å². The van der Waals surface area contributed by atoms with E-state index in [-0.39, 0.29) is 0 Å². The van der Waals surface area contributed by atoms with Crippen LogP contribution in [0.5, 0.6) is 5.88 Å². The number of hydrogen-bond donors (Lipinski definition) is 0. The molecule has 0 saturated carbocycles. The summed E-state index contributed by atoms with van der Waals surface area (Å²) in [7, 11) is 0. The summed E-state index contributed by atoms with van der Waals surface area (Å²) in [6, 6.07) is 10.3. The van der Waals surface area contributed by atoms with E-state index < -0.39 is 0 Å².